The predicted molar refractivity (Wildman–Crippen MR) is 118 cm³/mol. The lowest BCUT2D eigenvalue weighted by atomic mass is 10.2. The van der Waals surface area contributed by atoms with Crippen molar-refractivity contribution in [1.29, 1.82) is 0 Å². The molecule has 2 heterocycles. The molecule has 2 aromatic rings. The molecular weight excluding hydrogens is 402 g/mol. The van der Waals surface area contributed by atoms with Crippen LogP contribution in [0.4, 0.5) is 5.69 Å². The van der Waals surface area contributed by atoms with Crippen LogP contribution < -0.4 is 10.2 Å². The number of nitrogens with zero attached hydrogens (tertiary/aromatic N) is 2. The third kappa shape index (κ3) is 5.05. The maximum Gasteiger partial charge on any atom is 0.244 e. The highest BCUT2D eigenvalue weighted by molar-refractivity contribution is 6.30. The molecule has 1 aromatic heterocycles. The van der Waals surface area contributed by atoms with E-state index in [0.29, 0.717) is 35.7 Å². The number of furan rings is 1. The van der Waals surface area contributed by atoms with Crippen LogP contribution in [-0.2, 0) is 9.59 Å². The molecule has 0 spiro atoms. The molecule has 2 amide bonds. The van der Waals surface area contributed by atoms with Crippen molar-refractivity contribution in [2.75, 3.05) is 37.6 Å². The summed E-state index contributed by atoms with van der Waals surface area (Å²) in [5, 5.41) is 3.37. The van der Waals surface area contributed by atoms with Crippen LogP contribution in [0, 0.1) is 5.92 Å². The van der Waals surface area contributed by atoms with Crippen molar-refractivity contribution in [3.63, 3.8) is 0 Å². The predicted octanol–water partition coefficient (Wildman–Crippen LogP) is 3.53. The van der Waals surface area contributed by atoms with Gasteiger partial charge in [-0.2, -0.15) is 0 Å². The monoisotopic (exact) mass is 427 g/mol. The van der Waals surface area contributed by atoms with Crippen molar-refractivity contribution in [1.82, 2.24) is 10.2 Å². The van der Waals surface area contributed by atoms with Gasteiger partial charge in [-0.25, -0.2) is 0 Å². The average molecular weight is 428 g/mol. The Hall–Kier alpha value is -2.73. The highest BCUT2D eigenvalue weighted by Crippen LogP contribution is 2.47. The fraction of sp³-hybridized carbons (Fsp3) is 0.391. The van der Waals surface area contributed by atoms with Crippen LogP contribution in [0.1, 0.15) is 30.8 Å². The van der Waals surface area contributed by atoms with Gasteiger partial charge in [-0.05, 0) is 54.8 Å². The zero-order chi connectivity index (χ0) is 21.1. The van der Waals surface area contributed by atoms with E-state index in [1.165, 1.54) is 6.08 Å². The zero-order valence-corrected chi connectivity index (χ0v) is 17.8. The van der Waals surface area contributed by atoms with Gasteiger partial charge in [0, 0.05) is 48.9 Å². The molecule has 1 aliphatic heterocycles. The van der Waals surface area contributed by atoms with E-state index in [0.717, 1.165) is 31.0 Å². The molecule has 2 atom stereocenters. The van der Waals surface area contributed by atoms with Gasteiger partial charge in [0.15, 0.2) is 0 Å². The van der Waals surface area contributed by atoms with Gasteiger partial charge in [0.25, 0.3) is 0 Å². The van der Waals surface area contributed by atoms with Gasteiger partial charge in [-0.15, -0.1) is 0 Å². The standard InChI is InChI=1S/C23H26ClN3O3/c1-16-14-20(16)21-8-6-19(30-21)7-9-22(28)25-15-23(29)27-12-10-26(11-13-27)18-4-2-17(24)3-5-18/h2-9,16,20H,10-15H2,1H3,(H,25,28)/b9-7+. The van der Waals surface area contributed by atoms with Crippen LogP contribution in [0.2, 0.25) is 5.02 Å². The number of hydrogen-bond donors (Lipinski definition) is 1. The van der Waals surface area contributed by atoms with E-state index in [-0.39, 0.29) is 18.4 Å². The summed E-state index contributed by atoms with van der Waals surface area (Å²) < 4.78 is 5.75. The Labute approximate surface area is 181 Å². The number of carbonyl (C=O) groups excluding carboxylic acids is 2. The molecule has 2 aliphatic rings. The van der Waals surface area contributed by atoms with E-state index >= 15 is 0 Å². The molecule has 1 aromatic carbocycles. The molecule has 4 rings (SSSR count). The molecule has 1 N–H and O–H groups in total. The van der Waals surface area contributed by atoms with E-state index in [2.05, 4.69) is 17.1 Å². The fourth-order valence-electron chi connectivity index (χ4n) is 3.73. The van der Waals surface area contributed by atoms with Gasteiger partial charge in [-0.1, -0.05) is 18.5 Å². The largest absolute Gasteiger partial charge is 0.461 e. The number of halogens is 1. The summed E-state index contributed by atoms with van der Waals surface area (Å²) in [7, 11) is 0. The summed E-state index contributed by atoms with van der Waals surface area (Å²) >= 11 is 5.94. The number of piperazine rings is 1. The van der Waals surface area contributed by atoms with Crippen molar-refractivity contribution < 1.29 is 14.0 Å². The van der Waals surface area contributed by atoms with E-state index in [4.69, 9.17) is 16.0 Å². The second kappa shape index (κ2) is 8.96. The summed E-state index contributed by atoms with van der Waals surface area (Å²) in [6.07, 6.45) is 4.21. The summed E-state index contributed by atoms with van der Waals surface area (Å²) in [5.74, 6) is 2.45. The highest BCUT2D eigenvalue weighted by atomic mass is 35.5. The molecule has 6 nitrogen and oxygen atoms in total. The van der Waals surface area contributed by atoms with Crippen LogP contribution in [0.25, 0.3) is 6.08 Å². The number of amides is 2. The second-order valence-corrected chi connectivity index (χ2v) is 8.39. The second-order valence-electron chi connectivity index (χ2n) is 7.96. The Kier molecular flexibility index (Phi) is 6.13. The van der Waals surface area contributed by atoms with Gasteiger partial charge >= 0.3 is 0 Å². The van der Waals surface area contributed by atoms with Gasteiger partial charge in [0.05, 0.1) is 6.54 Å². The minimum absolute atomic E-state index is 0.00683. The van der Waals surface area contributed by atoms with E-state index < -0.39 is 0 Å². The third-order valence-electron chi connectivity index (χ3n) is 5.76. The Morgan fingerprint density at radius 2 is 1.83 bits per heavy atom. The molecule has 0 bridgehead atoms. The highest BCUT2D eigenvalue weighted by Gasteiger charge is 2.36. The Balaban J connectivity index is 1.19. The molecule has 2 unspecified atom stereocenters. The molecule has 30 heavy (non-hydrogen) atoms. The first-order chi connectivity index (χ1) is 14.5. The van der Waals surface area contributed by atoms with Gasteiger partial charge in [0.1, 0.15) is 11.5 Å². The third-order valence-corrected chi connectivity index (χ3v) is 6.01. The minimum Gasteiger partial charge on any atom is -0.461 e. The van der Waals surface area contributed by atoms with Crippen LogP contribution >= 0.6 is 11.6 Å². The number of carbonyl (C=O) groups is 2. The molecule has 1 saturated carbocycles. The molecule has 7 heteroatoms. The van der Waals surface area contributed by atoms with Crippen molar-refractivity contribution in [2.45, 2.75) is 19.3 Å². The first-order valence-corrected chi connectivity index (χ1v) is 10.7. The SMILES string of the molecule is CC1CC1c1ccc(/C=C/C(=O)NCC(=O)N2CCN(c3ccc(Cl)cc3)CC2)o1. The van der Waals surface area contributed by atoms with Crippen LogP contribution in [0.15, 0.2) is 46.9 Å². The normalized spacial score (nSPS) is 21.1. The van der Waals surface area contributed by atoms with E-state index in [9.17, 15) is 9.59 Å². The van der Waals surface area contributed by atoms with Crippen molar-refractivity contribution in [3.05, 3.63) is 59.0 Å². The quantitative estimate of drug-likeness (QED) is 0.716. The van der Waals surface area contributed by atoms with Crippen molar-refractivity contribution in [3.8, 4) is 0 Å². The maximum absolute atomic E-state index is 12.4. The van der Waals surface area contributed by atoms with Crippen LogP contribution in [0.5, 0.6) is 0 Å². The number of anilines is 1. The number of nitrogens with one attached hydrogen (secondary N) is 1. The Morgan fingerprint density at radius 1 is 1.13 bits per heavy atom. The molecule has 158 valence electrons. The smallest absolute Gasteiger partial charge is 0.244 e. The maximum atomic E-state index is 12.4. The molecular formula is C23H26ClN3O3. The lowest BCUT2D eigenvalue weighted by Crippen LogP contribution is -2.51. The molecule has 1 saturated heterocycles. The number of benzene rings is 1. The molecule has 1 aliphatic carbocycles. The molecule has 0 radical (unpaired) electrons. The fourth-order valence-corrected chi connectivity index (χ4v) is 3.86. The van der Waals surface area contributed by atoms with Crippen molar-refractivity contribution >= 4 is 35.2 Å². The molecule has 2 fully saturated rings. The van der Waals surface area contributed by atoms with Gasteiger partial charge < -0.3 is 19.5 Å². The lowest BCUT2D eigenvalue weighted by Gasteiger charge is -2.36. The summed E-state index contributed by atoms with van der Waals surface area (Å²) in [6, 6.07) is 11.6. The number of rotatable bonds is 6. The first-order valence-electron chi connectivity index (χ1n) is 10.3. The van der Waals surface area contributed by atoms with Gasteiger partial charge in [-0.3, -0.25) is 9.59 Å². The van der Waals surface area contributed by atoms with Crippen molar-refractivity contribution in [2.24, 2.45) is 5.92 Å². The van der Waals surface area contributed by atoms with Crippen LogP contribution in [-0.4, -0.2) is 49.4 Å². The zero-order valence-electron chi connectivity index (χ0n) is 17.0. The summed E-state index contributed by atoms with van der Waals surface area (Å²) in [6.45, 7) is 4.95. The average Bonchev–Trinajstić information content (AvgIpc) is 3.30. The lowest BCUT2D eigenvalue weighted by molar-refractivity contribution is -0.132. The summed E-state index contributed by atoms with van der Waals surface area (Å²) in [4.78, 5) is 28.5. The topological polar surface area (TPSA) is 65.8 Å². The summed E-state index contributed by atoms with van der Waals surface area (Å²) in [5.41, 5.74) is 1.10. The Morgan fingerprint density at radius 3 is 2.50 bits per heavy atom. The van der Waals surface area contributed by atoms with E-state index in [1.54, 1.807) is 11.0 Å². The first kappa shape index (κ1) is 20.5. The van der Waals surface area contributed by atoms with Gasteiger partial charge in [0.2, 0.25) is 11.8 Å². The number of hydrogen-bond acceptors (Lipinski definition) is 4. The van der Waals surface area contributed by atoms with Crippen LogP contribution in [0.3, 0.4) is 0 Å². The Bertz CT molecular complexity index is 929. The van der Waals surface area contributed by atoms with E-state index in [1.807, 2.05) is 36.4 Å². The minimum atomic E-state index is -0.305.